The molecule has 0 amide bonds. The fourth-order valence-electron chi connectivity index (χ4n) is 2.43. The molecule has 0 bridgehead atoms. The van der Waals surface area contributed by atoms with E-state index in [0.717, 1.165) is 12.1 Å². The molecule has 0 atom stereocenters. The summed E-state index contributed by atoms with van der Waals surface area (Å²) in [7, 11) is 0. The van der Waals surface area contributed by atoms with Crippen molar-refractivity contribution in [2.24, 2.45) is 0 Å². The van der Waals surface area contributed by atoms with Crippen LogP contribution in [0.25, 0.3) is 0 Å². The zero-order valence-corrected chi connectivity index (χ0v) is 11.9. The lowest BCUT2D eigenvalue weighted by Crippen LogP contribution is -2.24. The SMILES string of the molecule is Fc1ccc(Cl)c(CNCCOC2CCCCC2)c1. The Morgan fingerprint density at radius 3 is 2.84 bits per heavy atom. The number of ether oxygens (including phenoxy) is 1. The Balaban J connectivity index is 1.62. The van der Waals surface area contributed by atoms with Gasteiger partial charge in [0.2, 0.25) is 0 Å². The molecule has 0 radical (unpaired) electrons. The van der Waals surface area contributed by atoms with Crippen molar-refractivity contribution in [2.45, 2.75) is 44.8 Å². The number of halogens is 2. The summed E-state index contributed by atoms with van der Waals surface area (Å²) in [6.07, 6.45) is 6.74. The average Bonchev–Trinajstić information content (AvgIpc) is 2.43. The molecule has 0 unspecified atom stereocenters. The van der Waals surface area contributed by atoms with Gasteiger partial charge in [-0.15, -0.1) is 0 Å². The van der Waals surface area contributed by atoms with Gasteiger partial charge in [0.1, 0.15) is 5.82 Å². The summed E-state index contributed by atoms with van der Waals surface area (Å²) in [5.41, 5.74) is 0.791. The molecule has 0 spiro atoms. The zero-order valence-electron chi connectivity index (χ0n) is 11.1. The van der Waals surface area contributed by atoms with Crippen LogP contribution in [0, 0.1) is 5.82 Å². The van der Waals surface area contributed by atoms with E-state index in [4.69, 9.17) is 16.3 Å². The second-order valence-corrected chi connectivity index (χ2v) is 5.45. The van der Waals surface area contributed by atoms with Gasteiger partial charge in [0.25, 0.3) is 0 Å². The number of hydrogen-bond acceptors (Lipinski definition) is 2. The number of benzene rings is 1. The highest BCUT2D eigenvalue weighted by molar-refractivity contribution is 6.31. The van der Waals surface area contributed by atoms with Crippen LogP contribution in [0.5, 0.6) is 0 Å². The Bertz CT molecular complexity index is 394. The third-order valence-corrected chi connectivity index (χ3v) is 3.88. The highest BCUT2D eigenvalue weighted by Gasteiger charge is 2.12. The minimum absolute atomic E-state index is 0.250. The molecule has 1 aliphatic rings. The Hall–Kier alpha value is -0.640. The van der Waals surface area contributed by atoms with Gasteiger partial charge in [-0.3, -0.25) is 0 Å². The van der Waals surface area contributed by atoms with Crippen molar-refractivity contribution >= 4 is 11.6 Å². The standard InChI is InChI=1S/C15H21ClFNO/c16-15-7-6-13(17)10-12(15)11-18-8-9-19-14-4-2-1-3-5-14/h6-7,10,14,18H,1-5,8-9,11H2. The van der Waals surface area contributed by atoms with E-state index in [0.29, 0.717) is 24.3 Å². The van der Waals surface area contributed by atoms with E-state index < -0.39 is 0 Å². The Morgan fingerprint density at radius 1 is 1.26 bits per heavy atom. The molecule has 1 saturated carbocycles. The quantitative estimate of drug-likeness (QED) is 0.800. The number of hydrogen-bond donors (Lipinski definition) is 1. The van der Waals surface area contributed by atoms with Crippen LogP contribution in [0.4, 0.5) is 4.39 Å². The van der Waals surface area contributed by atoms with Crippen molar-refractivity contribution < 1.29 is 9.13 Å². The largest absolute Gasteiger partial charge is 0.377 e. The van der Waals surface area contributed by atoms with Crippen LogP contribution in [0.1, 0.15) is 37.7 Å². The summed E-state index contributed by atoms with van der Waals surface area (Å²) in [6, 6.07) is 4.43. The van der Waals surface area contributed by atoms with Crippen molar-refractivity contribution in [3.63, 3.8) is 0 Å². The zero-order chi connectivity index (χ0) is 13.5. The van der Waals surface area contributed by atoms with Crippen LogP contribution in [-0.2, 0) is 11.3 Å². The van der Waals surface area contributed by atoms with E-state index in [1.165, 1.54) is 44.2 Å². The second kappa shape index (κ2) is 7.83. The predicted molar refractivity (Wildman–Crippen MR) is 75.9 cm³/mol. The molecule has 4 heteroatoms. The molecule has 0 aliphatic heterocycles. The summed E-state index contributed by atoms with van der Waals surface area (Å²) in [5.74, 6) is -0.250. The smallest absolute Gasteiger partial charge is 0.123 e. The Kier molecular flexibility index (Phi) is 6.08. The van der Waals surface area contributed by atoms with Crippen molar-refractivity contribution in [3.05, 3.63) is 34.6 Å². The summed E-state index contributed by atoms with van der Waals surface area (Å²) in [4.78, 5) is 0. The van der Waals surface area contributed by atoms with Gasteiger partial charge in [-0.1, -0.05) is 30.9 Å². The molecule has 1 aliphatic carbocycles. The lowest BCUT2D eigenvalue weighted by molar-refractivity contribution is 0.0302. The first kappa shape index (κ1) is 14.8. The second-order valence-electron chi connectivity index (χ2n) is 5.04. The number of rotatable bonds is 6. The fraction of sp³-hybridized carbons (Fsp3) is 0.600. The minimum atomic E-state index is -0.250. The van der Waals surface area contributed by atoms with Crippen LogP contribution < -0.4 is 5.32 Å². The molecule has 2 rings (SSSR count). The molecule has 1 N–H and O–H groups in total. The lowest BCUT2D eigenvalue weighted by atomic mass is 9.98. The number of nitrogens with one attached hydrogen (secondary N) is 1. The van der Waals surface area contributed by atoms with E-state index >= 15 is 0 Å². The van der Waals surface area contributed by atoms with Crippen LogP contribution in [0.15, 0.2) is 18.2 Å². The van der Waals surface area contributed by atoms with Crippen LogP contribution >= 0.6 is 11.6 Å². The predicted octanol–water partition coefficient (Wildman–Crippen LogP) is 3.92. The molecule has 106 valence electrons. The molecule has 19 heavy (non-hydrogen) atoms. The van der Waals surface area contributed by atoms with E-state index in [1.807, 2.05) is 0 Å². The molecular weight excluding hydrogens is 265 g/mol. The first-order valence-electron chi connectivity index (χ1n) is 7.02. The monoisotopic (exact) mass is 285 g/mol. The van der Waals surface area contributed by atoms with Gasteiger partial charge in [0.05, 0.1) is 12.7 Å². The lowest BCUT2D eigenvalue weighted by Gasteiger charge is -2.22. The van der Waals surface area contributed by atoms with Crippen molar-refractivity contribution in [2.75, 3.05) is 13.2 Å². The Morgan fingerprint density at radius 2 is 2.05 bits per heavy atom. The average molecular weight is 286 g/mol. The highest BCUT2D eigenvalue weighted by atomic mass is 35.5. The van der Waals surface area contributed by atoms with E-state index in [-0.39, 0.29) is 5.82 Å². The normalized spacial score (nSPS) is 16.7. The van der Waals surface area contributed by atoms with Crippen molar-refractivity contribution in [3.8, 4) is 0 Å². The molecule has 1 fully saturated rings. The van der Waals surface area contributed by atoms with Gasteiger partial charge >= 0.3 is 0 Å². The van der Waals surface area contributed by atoms with Gasteiger partial charge < -0.3 is 10.1 Å². The van der Waals surface area contributed by atoms with E-state index in [1.54, 1.807) is 6.07 Å². The molecule has 1 aromatic carbocycles. The van der Waals surface area contributed by atoms with Gasteiger partial charge in [-0.25, -0.2) is 4.39 Å². The first-order valence-corrected chi connectivity index (χ1v) is 7.40. The first-order chi connectivity index (χ1) is 9.25. The van der Waals surface area contributed by atoms with Crippen molar-refractivity contribution in [1.82, 2.24) is 5.32 Å². The third-order valence-electron chi connectivity index (χ3n) is 3.51. The van der Waals surface area contributed by atoms with Crippen LogP contribution in [-0.4, -0.2) is 19.3 Å². The molecule has 0 heterocycles. The molecule has 2 nitrogen and oxygen atoms in total. The summed E-state index contributed by atoms with van der Waals surface area (Å²) in [5, 5.41) is 3.83. The third kappa shape index (κ3) is 5.09. The van der Waals surface area contributed by atoms with Crippen LogP contribution in [0.2, 0.25) is 5.02 Å². The molecule has 0 saturated heterocycles. The molecular formula is C15H21ClFNO. The van der Waals surface area contributed by atoms with Crippen LogP contribution in [0.3, 0.4) is 0 Å². The fourth-order valence-corrected chi connectivity index (χ4v) is 2.62. The van der Waals surface area contributed by atoms with E-state index in [2.05, 4.69) is 5.32 Å². The maximum absolute atomic E-state index is 13.1. The molecule has 1 aromatic rings. The van der Waals surface area contributed by atoms with Crippen molar-refractivity contribution in [1.29, 1.82) is 0 Å². The maximum atomic E-state index is 13.1. The summed E-state index contributed by atoms with van der Waals surface area (Å²) in [6.45, 7) is 2.05. The topological polar surface area (TPSA) is 21.3 Å². The van der Waals surface area contributed by atoms with Gasteiger partial charge in [0.15, 0.2) is 0 Å². The Labute approximate surface area is 119 Å². The minimum Gasteiger partial charge on any atom is -0.377 e. The van der Waals surface area contributed by atoms with Gasteiger partial charge in [-0.05, 0) is 36.6 Å². The highest BCUT2D eigenvalue weighted by Crippen LogP contribution is 2.20. The van der Waals surface area contributed by atoms with Gasteiger partial charge in [-0.2, -0.15) is 0 Å². The summed E-state index contributed by atoms with van der Waals surface area (Å²) >= 11 is 5.99. The van der Waals surface area contributed by atoms with Gasteiger partial charge in [0, 0.05) is 18.1 Å². The summed E-state index contributed by atoms with van der Waals surface area (Å²) < 4.78 is 18.9. The maximum Gasteiger partial charge on any atom is 0.123 e. The molecule has 0 aromatic heterocycles. The van der Waals surface area contributed by atoms with E-state index in [9.17, 15) is 4.39 Å².